The Hall–Kier alpha value is -1.09. The minimum atomic E-state index is -0.119. The van der Waals surface area contributed by atoms with Gasteiger partial charge in [-0.15, -0.1) is 0 Å². The average molecular weight is 281 g/mol. The highest BCUT2D eigenvalue weighted by atomic mass is 79.9. The minimum Gasteiger partial charge on any atom is -0.485 e. The van der Waals surface area contributed by atoms with Gasteiger partial charge in [-0.1, -0.05) is 21.5 Å². The Balaban J connectivity index is 2.34. The van der Waals surface area contributed by atoms with E-state index in [0.29, 0.717) is 17.7 Å². The normalized spacial score (nSPS) is 18.7. The van der Waals surface area contributed by atoms with Crippen molar-refractivity contribution in [2.45, 2.75) is 26.4 Å². The van der Waals surface area contributed by atoms with Gasteiger partial charge in [-0.05, 0) is 38.1 Å². The molecule has 16 heavy (non-hydrogen) atoms. The zero-order valence-electron chi connectivity index (χ0n) is 9.29. The summed E-state index contributed by atoms with van der Waals surface area (Å²) in [5, 5.41) is 0. The monoisotopic (exact) mass is 280 g/mol. The van der Waals surface area contributed by atoms with Crippen molar-refractivity contribution >= 4 is 21.7 Å². The lowest BCUT2D eigenvalue weighted by Gasteiger charge is -2.23. The lowest BCUT2D eigenvalue weighted by atomic mass is 10.00. The van der Waals surface area contributed by atoms with E-state index in [1.54, 1.807) is 0 Å². The van der Waals surface area contributed by atoms with Gasteiger partial charge in [-0.25, -0.2) is 0 Å². The third kappa shape index (κ3) is 2.35. The Morgan fingerprint density at radius 3 is 2.94 bits per heavy atom. The molecule has 1 heterocycles. The first-order chi connectivity index (χ1) is 7.56. The van der Waals surface area contributed by atoms with Crippen LogP contribution >= 0.6 is 15.9 Å². The second-order valence-electron chi connectivity index (χ2n) is 4.17. The maximum atomic E-state index is 11.9. The van der Waals surface area contributed by atoms with Gasteiger partial charge in [0.25, 0.3) is 0 Å². The summed E-state index contributed by atoms with van der Waals surface area (Å²) in [5.41, 5.74) is 1.84. The van der Waals surface area contributed by atoms with E-state index >= 15 is 0 Å². The van der Waals surface area contributed by atoms with Crippen molar-refractivity contribution in [3.05, 3.63) is 39.9 Å². The number of carbonyl (C=O) groups excluding carboxylic acids is 1. The van der Waals surface area contributed by atoms with Gasteiger partial charge in [0.1, 0.15) is 11.9 Å². The molecule has 0 fully saturated rings. The fourth-order valence-corrected chi connectivity index (χ4v) is 2.15. The van der Waals surface area contributed by atoms with Gasteiger partial charge in [0, 0.05) is 4.47 Å². The Labute approximate surface area is 103 Å². The molecule has 0 aromatic heterocycles. The van der Waals surface area contributed by atoms with Crippen LogP contribution in [0.4, 0.5) is 0 Å². The summed E-state index contributed by atoms with van der Waals surface area (Å²) in [7, 11) is 0. The number of ether oxygens (including phenoxy) is 1. The number of rotatable bonds is 1. The van der Waals surface area contributed by atoms with Crippen molar-refractivity contribution in [3.8, 4) is 5.75 Å². The molecule has 0 saturated heterocycles. The van der Waals surface area contributed by atoms with Crippen LogP contribution in [-0.2, 0) is 0 Å². The molecule has 0 N–H and O–H groups in total. The summed E-state index contributed by atoms with van der Waals surface area (Å²) < 4.78 is 6.66. The lowest BCUT2D eigenvalue weighted by molar-refractivity contribution is 0.0893. The number of Topliss-reactive ketones (excluding diaryl/α,β-unsaturated/α-hetero) is 1. The number of hydrogen-bond acceptors (Lipinski definition) is 2. The van der Waals surface area contributed by atoms with E-state index in [1.165, 1.54) is 5.57 Å². The van der Waals surface area contributed by atoms with Gasteiger partial charge < -0.3 is 4.74 Å². The van der Waals surface area contributed by atoms with Gasteiger partial charge in [-0.3, -0.25) is 4.79 Å². The van der Waals surface area contributed by atoms with Crippen molar-refractivity contribution in [1.82, 2.24) is 0 Å². The van der Waals surface area contributed by atoms with Crippen molar-refractivity contribution < 1.29 is 9.53 Å². The SMILES string of the molecule is CC(C)=CC1CC(=O)c2cc(Br)ccc2O1. The van der Waals surface area contributed by atoms with E-state index < -0.39 is 0 Å². The van der Waals surface area contributed by atoms with E-state index in [4.69, 9.17) is 4.74 Å². The van der Waals surface area contributed by atoms with Crippen LogP contribution in [0, 0.1) is 0 Å². The minimum absolute atomic E-state index is 0.119. The van der Waals surface area contributed by atoms with E-state index in [2.05, 4.69) is 15.9 Å². The zero-order valence-corrected chi connectivity index (χ0v) is 10.9. The molecule has 0 aliphatic carbocycles. The van der Waals surface area contributed by atoms with Gasteiger partial charge in [0.15, 0.2) is 5.78 Å². The third-order valence-electron chi connectivity index (χ3n) is 2.43. The van der Waals surface area contributed by atoms with Gasteiger partial charge in [0.05, 0.1) is 12.0 Å². The zero-order chi connectivity index (χ0) is 11.7. The number of ketones is 1. The van der Waals surface area contributed by atoms with E-state index in [1.807, 2.05) is 38.1 Å². The Kier molecular flexibility index (Phi) is 3.15. The molecular weight excluding hydrogens is 268 g/mol. The summed E-state index contributed by atoms with van der Waals surface area (Å²) in [6.45, 7) is 4.01. The van der Waals surface area contributed by atoms with Gasteiger partial charge >= 0.3 is 0 Å². The van der Waals surface area contributed by atoms with Crippen LogP contribution < -0.4 is 4.74 Å². The smallest absolute Gasteiger partial charge is 0.170 e. The highest BCUT2D eigenvalue weighted by molar-refractivity contribution is 9.10. The molecule has 2 nitrogen and oxygen atoms in total. The molecule has 1 aliphatic rings. The number of benzene rings is 1. The maximum absolute atomic E-state index is 11.9. The number of halogens is 1. The molecule has 0 saturated carbocycles. The second kappa shape index (κ2) is 4.42. The van der Waals surface area contributed by atoms with E-state index in [9.17, 15) is 4.79 Å². The highest BCUT2D eigenvalue weighted by Gasteiger charge is 2.24. The lowest BCUT2D eigenvalue weighted by Crippen LogP contribution is -2.25. The highest BCUT2D eigenvalue weighted by Crippen LogP contribution is 2.30. The molecule has 2 rings (SSSR count). The molecule has 1 atom stereocenters. The average Bonchev–Trinajstić information content (AvgIpc) is 2.18. The fourth-order valence-electron chi connectivity index (χ4n) is 1.79. The van der Waals surface area contributed by atoms with Crippen molar-refractivity contribution in [2.75, 3.05) is 0 Å². The maximum Gasteiger partial charge on any atom is 0.170 e. The number of fused-ring (bicyclic) bond motifs is 1. The van der Waals surface area contributed by atoms with Crippen molar-refractivity contribution in [1.29, 1.82) is 0 Å². The standard InChI is InChI=1S/C13H13BrO2/c1-8(2)5-10-7-12(15)11-6-9(14)3-4-13(11)16-10/h3-6,10H,7H2,1-2H3. The largest absolute Gasteiger partial charge is 0.485 e. The molecule has 0 amide bonds. The molecule has 1 unspecified atom stereocenters. The molecule has 0 spiro atoms. The first-order valence-electron chi connectivity index (χ1n) is 5.20. The molecule has 1 aromatic carbocycles. The predicted octanol–water partition coefficient (Wildman–Crippen LogP) is 3.75. The summed E-state index contributed by atoms with van der Waals surface area (Å²) in [4.78, 5) is 11.9. The van der Waals surface area contributed by atoms with Crippen LogP contribution in [0.3, 0.4) is 0 Å². The Bertz CT molecular complexity index is 459. The molecule has 1 aliphatic heterocycles. The van der Waals surface area contributed by atoms with Gasteiger partial charge in [-0.2, -0.15) is 0 Å². The molecule has 3 heteroatoms. The van der Waals surface area contributed by atoms with Crippen LogP contribution in [-0.4, -0.2) is 11.9 Å². The Morgan fingerprint density at radius 1 is 1.50 bits per heavy atom. The quantitative estimate of drug-likeness (QED) is 0.733. The molecule has 1 aromatic rings. The van der Waals surface area contributed by atoms with Crippen molar-refractivity contribution in [2.24, 2.45) is 0 Å². The van der Waals surface area contributed by atoms with Crippen molar-refractivity contribution in [3.63, 3.8) is 0 Å². The van der Waals surface area contributed by atoms with Gasteiger partial charge in [0.2, 0.25) is 0 Å². The fraction of sp³-hybridized carbons (Fsp3) is 0.308. The second-order valence-corrected chi connectivity index (χ2v) is 5.08. The summed E-state index contributed by atoms with van der Waals surface area (Å²) >= 11 is 3.35. The van der Waals surface area contributed by atoms with Crippen LogP contribution in [0.2, 0.25) is 0 Å². The number of carbonyl (C=O) groups is 1. The molecular formula is C13H13BrO2. The predicted molar refractivity (Wildman–Crippen MR) is 66.9 cm³/mol. The summed E-state index contributed by atoms with van der Waals surface area (Å²) in [6, 6.07) is 5.54. The van der Waals surface area contributed by atoms with Crippen LogP contribution in [0.5, 0.6) is 5.75 Å². The first kappa shape index (κ1) is 11.4. The van der Waals surface area contributed by atoms with Crippen LogP contribution in [0.25, 0.3) is 0 Å². The summed E-state index contributed by atoms with van der Waals surface area (Å²) in [6.07, 6.45) is 2.29. The molecule has 0 radical (unpaired) electrons. The summed E-state index contributed by atoms with van der Waals surface area (Å²) in [5.74, 6) is 0.826. The third-order valence-corrected chi connectivity index (χ3v) is 2.92. The van der Waals surface area contributed by atoms with E-state index in [0.717, 1.165) is 4.47 Å². The van der Waals surface area contributed by atoms with E-state index in [-0.39, 0.29) is 11.9 Å². The topological polar surface area (TPSA) is 26.3 Å². The number of hydrogen-bond donors (Lipinski definition) is 0. The molecule has 84 valence electrons. The Morgan fingerprint density at radius 2 is 2.25 bits per heavy atom. The first-order valence-corrected chi connectivity index (χ1v) is 6.00. The van der Waals surface area contributed by atoms with Crippen LogP contribution in [0.15, 0.2) is 34.3 Å². The number of allylic oxidation sites excluding steroid dienone is 1. The van der Waals surface area contributed by atoms with Crippen LogP contribution in [0.1, 0.15) is 30.6 Å². The molecule has 0 bridgehead atoms.